The minimum absolute atomic E-state index is 0.0732. The van der Waals surface area contributed by atoms with Crippen molar-refractivity contribution in [2.24, 2.45) is 5.92 Å². The first-order valence-corrected chi connectivity index (χ1v) is 13.8. The zero-order chi connectivity index (χ0) is 23.0. The van der Waals surface area contributed by atoms with Crippen LogP contribution in [0.1, 0.15) is 56.9 Å². The summed E-state index contributed by atoms with van der Waals surface area (Å²) < 4.78 is 22.5. The summed E-state index contributed by atoms with van der Waals surface area (Å²) in [5.41, 5.74) is 7.68. The van der Waals surface area contributed by atoms with Gasteiger partial charge in [0.05, 0.1) is 15.4 Å². The number of hydrogen-bond acceptors (Lipinski definition) is 6. The Hall–Kier alpha value is -1.03. The van der Waals surface area contributed by atoms with E-state index in [1.54, 1.807) is 0 Å². The standard InChI is InChI=1S/C24H32Br2FN5O/c25-18-16(7-6-15-5-1-2-10-29-13-15)17-21(20(27)19(18)26)30-23(31-22(17)28)33-14-24-8-3-11-32(24)12-4-9-24/h15,29H,1-14H2,(H2,28,30,31). The highest BCUT2D eigenvalue weighted by molar-refractivity contribution is 9.13. The van der Waals surface area contributed by atoms with Crippen LogP contribution in [0, 0.1) is 11.7 Å². The molecule has 2 aromatic rings. The Labute approximate surface area is 211 Å². The number of aromatic nitrogens is 2. The van der Waals surface area contributed by atoms with Crippen LogP contribution in [0.4, 0.5) is 10.2 Å². The maximum Gasteiger partial charge on any atom is 0.319 e. The summed E-state index contributed by atoms with van der Waals surface area (Å²) >= 11 is 7.02. The summed E-state index contributed by atoms with van der Waals surface area (Å²) in [6.07, 6.45) is 10.1. The second-order valence-corrected chi connectivity index (χ2v) is 11.4. The molecule has 1 aromatic carbocycles. The van der Waals surface area contributed by atoms with E-state index >= 15 is 4.39 Å². The molecule has 3 saturated heterocycles. The van der Waals surface area contributed by atoms with Gasteiger partial charge < -0.3 is 15.8 Å². The molecular weight excluding hydrogens is 553 g/mol. The molecule has 33 heavy (non-hydrogen) atoms. The van der Waals surface area contributed by atoms with Crippen LogP contribution in [0.15, 0.2) is 8.95 Å². The van der Waals surface area contributed by atoms with Gasteiger partial charge in [-0.3, -0.25) is 4.90 Å². The summed E-state index contributed by atoms with van der Waals surface area (Å²) in [6, 6.07) is 0.167. The quantitative estimate of drug-likeness (QED) is 0.454. The average molecular weight is 585 g/mol. The van der Waals surface area contributed by atoms with Crippen LogP contribution in [0.5, 0.6) is 6.01 Å². The Balaban J connectivity index is 1.42. The van der Waals surface area contributed by atoms with Crippen molar-refractivity contribution in [3.05, 3.63) is 20.3 Å². The van der Waals surface area contributed by atoms with Gasteiger partial charge in [0.1, 0.15) is 17.9 Å². The van der Waals surface area contributed by atoms with Gasteiger partial charge in [-0.05, 0) is 121 Å². The summed E-state index contributed by atoms with van der Waals surface area (Å²) in [4.78, 5) is 11.5. The van der Waals surface area contributed by atoms with Crippen molar-refractivity contribution in [3.63, 3.8) is 0 Å². The second-order valence-electron chi connectivity index (χ2n) is 9.85. The Morgan fingerprint density at radius 2 is 1.91 bits per heavy atom. The number of fused-ring (bicyclic) bond motifs is 2. The zero-order valence-electron chi connectivity index (χ0n) is 18.9. The van der Waals surface area contributed by atoms with E-state index in [9.17, 15) is 0 Å². The van der Waals surface area contributed by atoms with Crippen molar-refractivity contribution in [2.75, 3.05) is 38.5 Å². The number of rotatable bonds is 6. The second kappa shape index (κ2) is 9.91. The van der Waals surface area contributed by atoms with E-state index in [0.29, 0.717) is 26.9 Å². The minimum Gasteiger partial charge on any atom is -0.461 e. The first kappa shape index (κ1) is 23.7. The Bertz CT molecular complexity index is 1020. The van der Waals surface area contributed by atoms with E-state index in [-0.39, 0.29) is 22.9 Å². The van der Waals surface area contributed by atoms with E-state index in [1.807, 2.05) is 0 Å². The summed E-state index contributed by atoms with van der Waals surface area (Å²) in [7, 11) is 0. The third-order valence-corrected chi connectivity index (χ3v) is 9.96. The van der Waals surface area contributed by atoms with Crippen molar-refractivity contribution >= 4 is 48.6 Å². The van der Waals surface area contributed by atoms with Crippen molar-refractivity contribution in [1.82, 2.24) is 20.2 Å². The molecule has 5 rings (SSSR count). The van der Waals surface area contributed by atoms with Gasteiger partial charge in [-0.1, -0.05) is 6.42 Å². The normalized spacial score (nSPS) is 23.1. The zero-order valence-corrected chi connectivity index (χ0v) is 22.1. The van der Waals surface area contributed by atoms with Gasteiger partial charge in [-0.2, -0.15) is 9.97 Å². The van der Waals surface area contributed by atoms with Gasteiger partial charge in [-0.15, -0.1) is 0 Å². The van der Waals surface area contributed by atoms with Crippen LogP contribution in [0.2, 0.25) is 0 Å². The summed E-state index contributed by atoms with van der Waals surface area (Å²) in [6.45, 7) is 4.90. The number of anilines is 1. The number of halogens is 3. The first-order valence-electron chi connectivity index (χ1n) is 12.2. The average Bonchev–Trinajstić information content (AvgIpc) is 3.27. The van der Waals surface area contributed by atoms with Crippen LogP contribution in [-0.4, -0.2) is 53.2 Å². The molecule has 0 radical (unpaired) electrons. The highest BCUT2D eigenvalue weighted by Gasteiger charge is 2.45. The van der Waals surface area contributed by atoms with Crippen molar-refractivity contribution in [1.29, 1.82) is 0 Å². The monoisotopic (exact) mass is 583 g/mol. The molecule has 3 aliphatic rings. The number of hydrogen-bond donors (Lipinski definition) is 2. The SMILES string of the molecule is Nc1nc(OCC23CCCN2CCC3)nc2c(F)c(Br)c(Br)c(CCC3CCCCNC3)c12. The molecule has 0 amide bonds. The topological polar surface area (TPSA) is 76.3 Å². The van der Waals surface area contributed by atoms with E-state index in [0.717, 1.165) is 57.4 Å². The smallest absolute Gasteiger partial charge is 0.319 e. The lowest BCUT2D eigenvalue weighted by Gasteiger charge is -2.31. The van der Waals surface area contributed by atoms with Crippen LogP contribution in [0.25, 0.3) is 10.9 Å². The molecule has 6 nitrogen and oxygen atoms in total. The third-order valence-electron chi connectivity index (χ3n) is 7.81. The molecule has 3 fully saturated rings. The largest absolute Gasteiger partial charge is 0.461 e. The fourth-order valence-corrected chi connectivity index (χ4v) is 7.00. The molecule has 1 atom stereocenters. The number of benzene rings is 1. The number of aryl methyl sites for hydroxylation is 1. The van der Waals surface area contributed by atoms with E-state index in [2.05, 4.69) is 52.0 Å². The molecule has 3 aliphatic heterocycles. The minimum atomic E-state index is -0.433. The Kier molecular flexibility index (Phi) is 7.12. The molecule has 9 heteroatoms. The predicted molar refractivity (Wildman–Crippen MR) is 136 cm³/mol. The van der Waals surface area contributed by atoms with Gasteiger partial charge in [0, 0.05) is 4.47 Å². The number of nitrogen functional groups attached to an aromatic ring is 1. The number of ether oxygens (including phenoxy) is 1. The Morgan fingerprint density at radius 1 is 1.12 bits per heavy atom. The van der Waals surface area contributed by atoms with E-state index < -0.39 is 5.82 Å². The maximum atomic E-state index is 15.3. The Morgan fingerprint density at radius 3 is 2.70 bits per heavy atom. The van der Waals surface area contributed by atoms with Crippen LogP contribution in [-0.2, 0) is 6.42 Å². The van der Waals surface area contributed by atoms with Crippen molar-refractivity contribution < 1.29 is 9.13 Å². The maximum absolute atomic E-state index is 15.3. The molecule has 1 aromatic heterocycles. The molecule has 0 aliphatic carbocycles. The van der Waals surface area contributed by atoms with Crippen LogP contribution >= 0.6 is 31.9 Å². The van der Waals surface area contributed by atoms with Crippen molar-refractivity contribution in [2.45, 2.75) is 63.3 Å². The van der Waals surface area contributed by atoms with E-state index in [1.165, 1.54) is 32.1 Å². The molecule has 3 N–H and O–H groups in total. The van der Waals surface area contributed by atoms with E-state index in [4.69, 9.17) is 10.5 Å². The molecule has 0 spiro atoms. The number of nitrogens with two attached hydrogens (primary N) is 1. The lowest BCUT2D eigenvalue weighted by atomic mass is 9.94. The fourth-order valence-electron chi connectivity index (χ4n) is 6.00. The molecule has 180 valence electrons. The summed E-state index contributed by atoms with van der Waals surface area (Å²) in [5.74, 6) is 0.448. The third kappa shape index (κ3) is 4.62. The fraction of sp³-hybridized carbons (Fsp3) is 0.667. The van der Waals surface area contributed by atoms with Crippen molar-refractivity contribution in [3.8, 4) is 6.01 Å². The van der Waals surface area contributed by atoms with Gasteiger partial charge in [-0.25, -0.2) is 4.39 Å². The van der Waals surface area contributed by atoms with Gasteiger partial charge in [0.2, 0.25) is 0 Å². The van der Waals surface area contributed by atoms with Crippen LogP contribution in [0.3, 0.4) is 0 Å². The number of nitrogens with one attached hydrogen (secondary N) is 1. The predicted octanol–water partition coefficient (Wildman–Crippen LogP) is 5.21. The molecule has 0 bridgehead atoms. The van der Waals surface area contributed by atoms with Gasteiger partial charge >= 0.3 is 6.01 Å². The first-order chi connectivity index (χ1) is 16.0. The van der Waals surface area contributed by atoms with Crippen LogP contribution < -0.4 is 15.8 Å². The molecular formula is C24H32Br2FN5O. The van der Waals surface area contributed by atoms with Gasteiger partial charge in [0.25, 0.3) is 0 Å². The molecule has 0 saturated carbocycles. The lowest BCUT2D eigenvalue weighted by Crippen LogP contribution is -2.43. The highest BCUT2D eigenvalue weighted by atomic mass is 79.9. The molecule has 4 heterocycles. The highest BCUT2D eigenvalue weighted by Crippen LogP contribution is 2.41. The number of nitrogens with zero attached hydrogens (tertiary/aromatic N) is 3. The lowest BCUT2D eigenvalue weighted by molar-refractivity contribution is 0.108. The molecule has 1 unspecified atom stereocenters. The van der Waals surface area contributed by atoms with Gasteiger partial charge in [0.15, 0.2) is 5.82 Å². The summed E-state index contributed by atoms with van der Waals surface area (Å²) in [5, 5.41) is 4.12.